The minimum atomic E-state index is -2.91. The van der Waals surface area contributed by atoms with E-state index in [1.54, 1.807) is 0 Å². The number of aliphatic hydroxyl groups is 10. The minimum absolute atomic E-state index is 0. The van der Waals surface area contributed by atoms with Gasteiger partial charge in [-0.05, 0) is 25.8 Å². The third kappa shape index (κ3) is 11.2. The molecule has 24 heteroatoms. The van der Waals surface area contributed by atoms with Crippen molar-refractivity contribution in [1.82, 2.24) is 5.32 Å². The van der Waals surface area contributed by atoms with E-state index in [2.05, 4.69) is 10.3 Å². The maximum Gasteiger partial charge on any atom is 1.00 e. The third-order valence-electron chi connectivity index (χ3n) is 8.51. The van der Waals surface area contributed by atoms with E-state index >= 15 is 0 Å². The average molecular weight is 770 g/mol. The first-order valence-corrected chi connectivity index (χ1v) is 16.0. The number of carboxylic acid groups (broad SMARTS) is 1. The number of hydrogen-bond donors (Lipinski definition) is 13. The number of aliphatic imine (C=N–C) groups is 1. The van der Waals surface area contributed by atoms with E-state index in [4.69, 9.17) is 39.3 Å². The largest absolute Gasteiger partial charge is 1.00 e. The van der Waals surface area contributed by atoms with Crippen LogP contribution in [0.4, 0.5) is 0 Å². The van der Waals surface area contributed by atoms with Crippen LogP contribution in [-0.4, -0.2) is 211 Å². The molecule has 3 saturated heterocycles. The van der Waals surface area contributed by atoms with Crippen LogP contribution >= 0.6 is 0 Å². The van der Waals surface area contributed by atoms with Gasteiger partial charge in [-0.3, -0.25) is 9.79 Å². The second kappa shape index (κ2) is 21.1. The maximum atomic E-state index is 12.5. The van der Waals surface area contributed by atoms with Gasteiger partial charge < -0.3 is 101 Å². The summed E-state index contributed by atoms with van der Waals surface area (Å²) in [6.45, 7) is -2.58. The Bertz CT molecular complexity index is 1160. The summed E-state index contributed by atoms with van der Waals surface area (Å²) in [6.07, 6.45) is -24.5. The normalized spacial score (nSPS) is 39.6. The van der Waals surface area contributed by atoms with Gasteiger partial charge in [0.1, 0.15) is 73.7 Å². The SMILES string of the molecule is CC([O-])=N[C@H]1[C@H](OCCCN)O[C@H](CO)[C@@H](O[C@@H]2O[C@H](CO[C@@]3(C(=O)O)C[C@H](O)[C@@H](NC(=O)CO)[C@H]([C@H](O)[C@H](O)CO)O3)[C@H](O)[C@H](O)[C@H]2O)[C@@H]1O.[Na+]. The number of carbonyl (C=O) groups is 2. The molecule has 0 saturated carbocycles. The summed E-state index contributed by atoms with van der Waals surface area (Å²) in [5, 5.41) is 127. The Balaban J connectivity index is 0.00000936. The summed E-state index contributed by atoms with van der Waals surface area (Å²) in [5.41, 5.74) is 5.48. The summed E-state index contributed by atoms with van der Waals surface area (Å²) in [4.78, 5) is 28.2. The van der Waals surface area contributed by atoms with Gasteiger partial charge in [0, 0.05) is 6.42 Å². The first-order chi connectivity index (χ1) is 24.0. The number of aliphatic carboxylic acids is 1. The topological polar surface area (TPSA) is 386 Å². The zero-order valence-corrected chi connectivity index (χ0v) is 30.4. The number of ether oxygens (including phenoxy) is 6. The zero-order valence-electron chi connectivity index (χ0n) is 28.4. The molecule has 0 aliphatic carbocycles. The van der Waals surface area contributed by atoms with Crippen molar-refractivity contribution >= 4 is 17.8 Å². The number of rotatable bonds is 17. The summed E-state index contributed by atoms with van der Waals surface area (Å²) in [6, 6.07) is -3.05. The second-order valence-corrected chi connectivity index (χ2v) is 12.2. The standard InChI is InChI=1S/C28H49N3O20.Na/c1-10(35)30-17-20(41)23(13(7-33)48-25(17)46-4-2-3-29)50-26-22(43)21(42)19(40)14(49-26)9-47-28(27(44)45)5-11(36)16(31-15(38)8-34)24(51-28)18(39)12(37)6-32;/h11-14,16-26,32-34,36-37,39-43H,2-9,29H2,1H3,(H,30,35)(H,31,38)(H,44,45);/q;+1/p-1/t11-,12+,13+,14+,16+,17+,18+,19-,20+,21-,22+,23+,24+,25+,26-,28-;/m0./s1. The predicted molar refractivity (Wildman–Crippen MR) is 160 cm³/mol. The monoisotopic (exact) mass is 769 g/mol. The molecule has 3 heterocycles. The van der Waals surface area contributed by atoms with Crippen LogP contribution in [0.2, 0.25) is 0 Å². The van der Waals surface area contributed by atoms with Gasteiger partial charge >= 0.3 is 35.5 Å². The zero-order chi connectivity index (χ0) is 38.2. The van der Waals surface area contributed by atoms with E-state index in [0.29, 0.717) is 6.42 Å². The first-order valence-electron chi connectivity index (χ1n) is 16.0. The quantitative estimate of drug-likeness (QED) is 0.0283. The Morgan fingerprint density at radius 1 is 1.02 bits per heavy atom. The third-order valence-corrected chi connectivity index (χ3v) is 8.51. The molecule has 16 atom stereocenters. The molecule has 3 fully saturated rings. The van der Waals surface area contributed by atoms with Gasteiger partial charge in [-0.1, -0.05) is 0 Å². The predicted octanol–water partition coefficient (Wildman–Crippen LogP) is -12.1. The van der Waals surface area contributed by atoms with Gasteiger partial charge in [0.15, 0.2) is 12.6 Å². The van der Waals surface area contributed by atoms with Gasteiger partial charge in [-0.15, -0.1) is 0 Å². The van der Waals surface area contributed by atoms with Gasteiger partial charge in [-0.25, -0.2) is 4.79 Å². The second-order valence-electron chi connectivity index (χ2n) is 12.2. The number of nitrogens with two attached hydrogens (primary N) is 1. The van der Waals surface area contributed by atoms with Crippen molar-refractivity contribution in [3.05, 3.63) is 0 Å². The van der Waals surface area contributed by atoms with Crippen molar-refractivity contribution in [2.45, 2.75) is 117 Å². The Labute approximate surface area is 318 Å². The Hall–Kier alpha value is -1.27. The van der Waals surface area contributed by atoms with Crippen molar-refractivity contribution in [2.75, 3.05) is 39.6 Å². The Morgan fingerprint density at radius 2 is 1.67 bits per heavy atom. The van der Waals surface area contributed by atoms with Gasteiger partial charge in [0.25, 0.3) is 5.79 Å². The fourth-order valence-electron chi connectivity index (χ4n) is 5.80. The number of amides is 1. The first kappa shape index (κ1) is 46.9. The molecule has 0 aromatic rings. The Kier molecular flexibility index (Phi) is 19.1. The maximum absolute atomic E-state index is 12.5. The van der Waals surface area contributed by atoms with Crippen LogP contribution in [0.5, 0.6) is 0 Å². The smallest absolute Gasteiger partial charge is 0.862 e. The van der Waals surface area contributed by atoms with Crippen molar-refractivity contribution in [1.29, 1.82) is 0 Å². The molecular formula is C28H48N3NaO20. The molecular weight excluding hydrogens is 721 g/mol. The van der Waals surface area contributed by atoms with E-state index in [1.165, 1.54) is 0 Å². The number of nitrogens with one attached hydrogen (secondary N) is 1. The number of aliphatic hydroxyl groups excluding tert-OH is 10. The number of hydrogen-bond acceptors (Lipinski definition) is 21. The number of carbonyl (C=O) groups excluding carboxylic acids is 1. The van der Waals surface area contributed by atoms with E-state index in [-0.39, 0.29) is 42.7 Å². The summed E-state index contributed by atoms with van der Waals surface area (Å²) in [5.74, 6) is -6.63. The molecule has 3 aliphatic rings. The number of carboxylic acids is 1. The average Bonchev–Trinajstić information content (AvgIpc) is 3.10. The van der Waals surface area contributed by atoms with Crippen molar-refractivity contribution in [2.24, 2.45) is 10.7 Å². The summed E-state index contributed by atoms with van der Waals surface area (Å²) in [7, 11) is 0. The fraction of sp³-hybridized carbons (Fsp3) is 0.893. The van der Waals surface area contributed by atoms with Crippen LogP contribution in [0, 0.1) is 0 Å². The van der Waals surface area contributed by atoms with Crippen LogP contribution in [-0.2, 0) is 38.0 Å². The number of nitrogens with zero attached hydrogens (tertiary/aromatic N) is 1. The molecule has 23 nitrogen and oxygen atoms in total. The van der Waals surface area contributed by atoms with E-state index in [0.717, 1.165) is 6.92 Å². The Morgan fingerprint density at radius 3 is 2.23 bits per heavy atom. The molecule has 0 bridgehead atoms. The van der Waals surface area contributed by atoms with Crippen molar-refractivity contribution in [3.63, 3.8) is 0 Å². The van der Waals surface area contributed by atoms with Crippen LogP contribution in [0.15, 0.2) is 4.99 Å². The van der Waals surface area contributed by atoms with Crippen molar-refractivity contribution < 1.29 is 129 Å². The molecule has 0 radical (unpaired) electrons. The van der Waals surface area contributed by atoms with Crippen LogP contribution in [0.3, 0.4) is 0 Å². The van der Waals surface area contributed by atoms with Gasteiger partial charge in [0.05, 0.1) is 38.6 Å². The summed E-state index contributed by atoms with van der Waals surface area (Å²) >= 11 is 0. The van der Waals surface area contributed by atoms with E-state index < -0.39 is 148 Å². The molecule has 0 spiro atoms. The van der Waals surface area contributed by atoms with Crippen molar-refractivity contribution in [3.8, 4) is 0 Å². The fourth-order valence-corrected chi connectivity index (χ4v) is 5.80. The molecule has 3 rings (SSSR count). The van der Waals surface area contributed by atoms with Gasteiger partial charge in [-0.2, -0.15) is 0 Å². The molecule has 1 amide bonds. The molecule has 0 aromatic heterocycles. The molecule has 52 heavy (non-hydrogen) atoms. The molecule has 3 aliphatic heterocycles. The molecule has 14 N–H and O–H groups in total. The molecule has 0 aromatic carbocycles. The van der Waals surface area contributed by atoms with E-state index in [9.17, 15) is 65.8 Å². The van der Waals surface area contributed by atoms with Crippen LogP contribution in [0.1, 0.15) is 19.8 Å². The van der Waals surface area contributed by atoms with Gasteiger partial charge in [0.2, 0.25) is 5.91 Å². The van der Waals surface area contributed by atoms with Crippen LogP contribution < -0.4 is 45.7 Å². The molecule has 0 unspecified atom stereocenters. The van der Waals surface area contributed by atoms with Crippen LogP contribution in [0.25, 0.3) is 0 Å². The minimum Gasteiger partial charge on any atom is -0.862 e. The summed E-state index contributed by atoms with van der Waals surface area (Å²) < 4.78 is 33.5. The molecule has 296 valence electrons. The van der Waals surface area contributed by atoms with E-state index in [1.807, 2.05) is 0 Å².